The number of carbonyl (C=O) groups is 1. The number of hydrogen-bond donors (Lipinski definition) is 0. The van der Waals surface area contributed by atoms with Crippen molar-refractivity contribution < 1.29 is 9.18 Å². The van der Waals surface area contributed by atoms with Gasteiger partial charge in [-0.1, -0.05) is 22.0 Å². The third-order valence-electron chi connectivity index (χ3n) is 2.99. The molecule has 0 saturated heterocycles. The van der Waals surface area contributed by atoms with Gasteiger partial charge in [0.15, 0.2) is 5.78 Å². The van der Waals surface area contributed by atoms with Crippen LogP contribution in [-0.4, -0.2) is 10.8 Å². The van der Waals surface area contributed by atoms with E-state index in [-0.39, 0.29) is 5.78 Å². The van der Waals surface area contributed by atoms with Crippen LogP contribution in [0.2, 0.25) is 0 Å². The summed E-state index contributed by atoms with van der Waals surface area (Å²) < 4.78 is 13.9. The lowest BCUT2D eigenvalue weighted by Gasteiger charge is -2.04. The van der Waals surface area contributed by atoms with E-state index in [1.165, 1.54) is 12.1 Å². The summed E-state index contributed by atoms with van der Waals surface area (Å²) in [6.45, 7) is 0. The average molecular weight is 330 g/mol. The fraction of sp³-hybridized carbons (Fsp3) is 0. The standard InChI is InChI=1S/C16H9BrFNO/c17-13-7-12(8-14(18)9-13)16(20)11-3-4-15-10(6-11)2-1-5-19-15/h1-9H. The first-order chi connectivity index (χ1) is 9.63. The number of carbonyl (C=O) groups excluding carboxylic acids is 1. The van der Waals surface area contributed by atoms with Crippen LogP contribution >= 0.6 is 15.9 Å². The summed E-state index contributed by atoms with van der Waals surface area (Å²) >= 11 is 3.19. The summed E-state index contributed by atoms with van der Waals surface area (Å²) in [5.41, 5.74) is 1.66. The first kappa shape index (κ1) is 12.9. The zero-order valence-corrected chi connectivity index (χ0v) is 11.9. The summed E-state index contributed by atoms with van der Waals surface area (Å²) in [5.74, 6) is -0.652. The number of aromatic nitrogens is 1. The summed E-state index contributed by atoms with van der Waals surface area (Å²) in [6.07, 6.45) is 1.70. The molecule has 0 fully saturated rings. The minimum atomic E-state index is -0.440. The number of rotatable bonds is 2. The molecule has 0 atom stereocenters. The second-order valence-corrected chi connectivity index (χ2v) is 5.31. The van der Waals surface area contributed by atoms with E-state index in [1.54, 1.807) is 30.5 Å². The molecule has 4 heteroatoms. The number of pyridine rings is 1. The first-order valence-electron chi connectivity index (χ1n) is 5.99. The number of nitrogens with zero attached hydrogens (tertiary/aromatic N) is 1. The molecule has 3 aromatic rings. The second kappa shape index (κ2) is 5.13. The molecule has 0 radical (unpaired) electrons. The van der Waals surface area contributed by atoms with E-state index in [1.807, 2.05) is 12.1 Å². The molecule has 0 unspecified atom stereocenters. The molecule has 0 saturated carbocycles. The van der Waals surface area contributed by atoms with Gasteiger partial charge in [-0.3, -0.25) is 9.78 Å². The van der Waals surface area contributed by atoms with E-state index in [2.05, 4.69) is 20.9 Å². The van der Waals surface area contributed by atoms with E-state index in [0.717, 1.165) is 10.9 Å². The van der Waals surface area contributed by atoms with Crippen molar-refractivity contribution in [3.05, 3.63) is 76.1 Å². The molecule has 98 valence electrons. The van der Waals surface area contributed by atoms with Crippen LogP contribution < -0.4 is 0 Å². The molecule has 0 aliphatic heterocycles. The molecular weight excluding hydrogens is 321 g/mol. The van der Waals surface area contributed by atoms with Crippen molar-refractivity contribution in [1.29, 1.82) is 0 Å². The van der Waals surface area contributed by atoms with Crippen LogP contribution in [0.3, 0.4) is 0 Å². The minimum Gasteiger partial charge on any atom is -0.289 e. The maximum atomic E-state index is 13.4. The highest BCUT2D eigenvalue weighted by Crippen LogP contribution is 2.20. The van der Waals surface area contributed by atoms with E-state index < -0.39 is 5.82 Å². The first-order valence-corrected chi connectivity index (χ1v) is 6.78. The molecule has 0 spiro atoms. The van der Waals surface area contributed by atoms with Gasteiger partial charge in [-0.2, -0.15) is 0 Å². The van der Waals surface area contributed by atoms with Crippen LogP contribution in [0.25, 0.3) is 10.9 Å². The Morgan fingerprint density at radius 3 is 2.70 bits per heavy atom. The lowest BCUT2D eigenvalue weighted by molar-refractivity contribution is 0.103. The van der Waals surface area contributed by atoms with Crippen molar-refractivity contribution in [1.82, 2.24) is 4.98 Å². The fourth-order valence-electron chi connectivity index (χ4n) is 2.07. The zero-order chi connectivity index (χ0) is 14.1. The van der Waals surface area contributed by atoms with Gasteiger partial charge in [-0.05, 0) is 42.5 Å². The predicted octanol–water partition coefficient (Wildman–Crippen LogP) is 4.37. The topological polar surface area (TPSA) is 30.0 Å². The molecule has 1 aromatic heterocycles. The van der Waals surface area contributed by atoms with Gasteiger partial charge in [0, 0.05) is 27.2 Å². The van der Waals surface area contributed by atoms with E-state index in [0.29, 0.717) is 15.6 Å². The molecule has 0 aliphatic rings. The van der Waals surface area contributed by atoms with Crippen LogP contribution in [0.1, 0.15) is 15.9 Å². The van der Waals surface area contributed by atoms with Crippen molar-refractivity contribution in [2.24, 2.45) is 0 Å². The zero-order valence-electron chi connectivity index (χ0n) is 10.3. The molecular formula is C16H9BrFNO. The molecule has 0 N–H and O–H groups in total. The minimum absolute atomic E-state index is 0.212. The lowest BCUT2D eigenvalue weighted by Crippen LogP contribution is -2.02. The molecule has 0 aliphatic carbocycles. The Morgan fingerprint density at radius 2 is 1.90 bits per heavy atom. The summed E-state index contributed by atoms with van der Waals surface area (Å²) in [5, 5.41) is 0.883. The number of fused-ring (bicyclic) bond motifs is 1. The van der Waals surface area contributed by atoms with Crippen LogP contribution in [-0.2, 0) is 0 Å². The fourth-order valence-corrected chi connectivity index (χ4v) is 2.53. The second-order valence-electron chi connectivity index (χ2n) is 4.40. The average Bonchev–Trinajstić information content (AvgIpc) is 2.45. The Kier molecular flexibility index (Phi) is 3.32. The maximum Gasteiger partial charge on any atom is 0.193 e. The van der Waals surface area contributed by atoms with Gasteiger partial charge in [0.25, 0.3) is 0 Å². The highest BCUT2D eigenvalue weighted by molar-refractivity contribution is 9.10. The van der Waals surface area contributed by atoms with E-state index in [4.69, 9.17) is 0 Å². The van der Waals surface area contributed by atoms with Gasteiger partial charge in [0.2, 0.25) is 0 Å². The molecule has 0 bridgehead atoms. The van der Waals surface area contributed by atoms with Gasteiger partial charge >= 0.3 is 0 Å². The van der Waals surface area contributed by atoms with Crippen molar-refractivity contribution in [2.45, 2.75) is 0 Å². The van der Waals surface area contributed by atoms with Crippen LogP contribution in [0.5, 0.6) is 0 Å². The Balaban J connectivity index is 2.07. The Labute approximate surface area is 123 Å². The SMILES string of the molecule is O=C(c1cc(F)cc(Br)c1)c1ccc2ncccc2c1. The molecule has 0 amide bonds. The number of halogens is 2. The largest absolute Gasteiger partial charge is 0.289 e. The number of benzene rings is 2. The van der Waals surface area contributed by atoms with Crippen molar-refractivity contribution in [3.63, 3.8) is 0 Å². The predicted molar refractivity (Wildman–Crippen MR) is 79.3 cm³/mol. The van der Waals surface area contributed by atoms with Crippen molar-refractivity contribution in [3.8, 4) is 0 Å². The molecule has 2 nitrogen and oxygen atoms in total. The number of ketones is 1. The van der Waals surface area contributed by atoms with Gasteiger partial charge in [-0.25, -0.2) is 4.39 Å². The summed E-state index contributed by atoms with van der Waals surface area (Å²) in [7, 11) is 0. The summed E-state index contributed by atoms with van der Waals surface area (Å²) in [4.78, 5) is 16.6. The molecule has 1 heterocycles. The van der Waals surface area contributed by atoms with Crippen molar-refractivity contribution >= 4 is 32.6 Å². The quantitative estimate of drug-likeness (QED) is 0.653. The van der Waals surface area contributed by atoms with E-state index in [9.17, 15) is 9.18 Å². The highest BCUT2D eigenvalue weighted by atomic mass is 79.9. The molecule has 20 heavy (non-hydrogen) atoms. The Hall–Kier alpha value is -2.07. The number of hydrogen-bond acceptors (Lipinski definition) is 2. The lowest BCUT2D eigenvalue weighted by atomic mass is 10.0. The van der Waals surface area contributed by atoms with E-state index >= 15 is 0 Å². The smallest absolute Gasteiger partial charge is 0.193 e. The Bertz CT molecular complexity index is 796. The monoisotopic (exact) mass is 329 g/mol. The molecule has 2 aromatic carbocycles. The van der Waals surface area contributed by atoms with Gasteiger partial charge in [0.1, 0.15) is 5.82 Å². The van der Waals surface area contributed by atoms with Gasteiger partial charge in [-0.15, -0.1) is 0 Å². The maximum absolute atomic E-state index is 13.4. The summed E-state index contributed by atoms with van der Waals surface area (Å²) in [6, 6.07) is 13.1. The Morgan fingerprint density at radius 1 is 1.05 bits per heavy atom. The van der Waals surface area contributed by atoms with Crippen molar-refractivity contribution in [2.75, 3.05) is 0 Å². The molecule has 3 rings (SSSR count). The third kappa shape index (κ3) is 2.47. The normalized spacial score (nSPS) is 10.7. The van der Waals surface area contributed by atoms with Gasteiger partial charge in [0.05, 0.1) is 5.52 Å². The van der Waals surface area contributed by atoms with Crippen LogP contribution in [0.4, 0.5) is 4.39 Å². The third-order valence-corrected chi connectivity index (χ3v) is 3.45. The van der Waals surface area contributed by atoms with Crippen LogP contribution in [0.15, 0.2) is 59.2 Å². The van der Waals surface area contributed by atoms with Gasteiger partial charge < -0.3 is 0 Å². The highest BCUT2D eigenvalue weighted by Gasteiger charge is 2.11. The van der Waals surface area contributed by atoms with Crippen LogP contribution in [0, 0.1) is 5.82 Å².